The van der Waals surface area contributed by atoms with Crippen LogP contribution in [-0.2, 0) is 0 Å². The highest BCUT2D eigenvalue weighted by Crippen LogP contribution is 2.24. The molecule has 0 aliphatic carbocycles. The fraction of sp³-hybridized carbons (Fsp3) is 0.167. The van der Waals surface area contributed by atoms with Crippen LogP contribution in [-0.4, -0.2) is 10.1 Å². The monoisotopic (exact) mass is 263 g/mol. The summed E-state index contributed by atoms with van der Waals surface area (Å²) in [6.07, 6.45) is -0.682. The number of para-hydroxylation sites is 1. The van der Waals surface area contributed by atoms with E-state index in [1.54, 1.807) is 0 Å². The Bertz CT molecular complexity index is 764. The summed E-state index contributed by atoms with van der Waals surface area (Å²) < 4.78 is 0. The van der Waals surface area contributed by atoms with Gasteiger partial charge >= 0.3 is 0 Å². The summed E-state index contributed by atoms with van der Waals surface area (Å²) in [4.78, 5) is 4.55. The maximum Gasteiger partial charge on any atom is 0.121 e. The number of fused-ring (bicyclic) bond motifs is 1. The minimum Gasteiger partial charge on any atom is -0.382 e. The van der Waals surface area contributed by atoms with E-state index in [2.05, 4.69) is 18.8 Å². The number of nitrogens with zero attached hydrogens (tertiary/aromatic N) is 1. The van der Waals surface area contributed by atoms with Crippen LogP contribution in [0.5, 0.6) is 0 Å². The van der Waals surface area contributed by atoms with Gasteiger partial charge in [0.1, 0.15) is 6.10 Å². The van der Waals surface area contributed by atoms with Crippen LogP contribution >= 0.6 is 0 Å². The molecule has 0 saturated heterocycles. The van der Waals surface area contributed by atoms with Gasteiger partial charge < -0.3 is 5.11 Å². The predicted molar refractivity (Wildman–Crippen MR) is 81.7 cm³/mol. The minimum atomic E-state index is -0.682. The molecular formula is C18H17NO. The Hall–Kier alpha value is -2.19. The molecule has 0 bridgehead atoms. The number of aliphatic hydroxyl groups is 1. The van der Waals surface area contributed by atoms with Gasteiger partial charge in [0.25, 0.3) is 0 Å². The lowest BCUT2D eigenvalue weighted by Crippen LogP contribution is -2.03. The molecule has 1 heterocycles. The molecule has 3 aromatic rings. The summed E-state index contributed by atoms with van der Waals surface area (Å²) in [7, 11) is 0. The van der Waals surface area contributed by atoms with Gasteiger partial charge in [0.2, 0.25) is 0 Å². The largest absolute Gasteiger partial charge is 0.382 e. The highest BCUT2D eigenvalue weighted by molar-refractivity contribution is 5.78. The van der Waals surface area contributed by atoms with Gasteiger partial charge in [-0.2, -0.15) is 0 Å². The molecule has 0 fully saturated rings. The van der Waals surface area contributed by atoms with E-state index >= 15 is 0 Å². The first-order valence-electron chi connectivity index (χ1n) is 6.76. The maximum absolute atomic E-state index is 10.5. The van der Waals surface area contributed by atoms with Gasteiger partial charge in [0.15, 0.2) is 0 Å². The Morgan fingerprint density at radius 2 is 1.70 bits per heavy atom. The van der Waals surface area contributed by atoms with Gasteiger partial charge in [-0.25, -0.2) is 4.98 Å². The molecule has 2 heteroatoms. The van der Waals surface area contributed by atoms with Crippen molar-refractivity contribution >= 4 is 10.9 Å². The van der Waals surface area contributed by atoms with E-state index < -0.39 is 6.10 Å². The fourth-order valence-corrected chi connectivity index (χ4v) is 2.34. The van der Waals surface area contributed by atoms with E-state index in [4.69, 9.17) is 0 Å². The van der Waals surface area contributed by atoms with Gasteiger partial charge in [-0.1, -0.05) is 42.5 Å². The number of aliphatic hydroxyl groups excluding tert-OH is 1. The Kier molecular flexibility index (Phi) is 3.25. The molecule has 0 amide bonds. The summed E-state index contributed by atoms with van der Waals surface area (Å²) in [6.45, 7) is 4.12. The third-order valence-corrected chi connectivity index (χ3v) is 3.75. The quantitative estimate of drug-likeness (QED) is 0.760. The Balaban J connectivity index is 2.02. The van der Waals surface area contributed by atoms with Crippen molar-refractivity contribution in [2.45, 2.75) is 20.0 Å². The van der Waals surface area contributed by atoms with Crippen LogP contribution in [0.15, 0.2) is 54.6 Å². The van der Waals surface area contributed by atoms with E-state index in [-0.39, 0.29) is 0 Å². The number of rotatable bonds is 2. The van der Waals surface area contributed by atoms with Crippen molar-refractivity contribution in [1.82, 2.24) is 4.98 Å². The topological polar surface area (TPSA) is 33.1 Å². The number of hydrogen-bond acceptors (Lipinski definition) is 2. The highest BCUT2D eigenvalue weighted by atomic mass is 16.3. The zero-order valence-electron chi connectivity index (χ0n) is 11.7. The molecule has 0 aliphatic heterocycles. The number of aromatic nitrogens is 1. The van der Waals surface area contributed by atoms with Crippen LogP contribution in [0.2, 0.25) is 0 Å². The highest BCUT2D eigenvalue weighted by Gasteiger charge is 2.13. The first-order chi connectivity index (χ1) is 9.65. The zero-order valence-corrected chi connectivity index (χ0v) is 11.7. The van der Waals surface area contributed by atoms with Crippen LogP contribution < -0.4 is 0 Å². The van der Waals surface area contributed by atoms with E-state index in [1.807, 2.05) is 54.6 Å². The second kappa shape index (κ2) is 5.06. The van der Waals surface area contributed by atoms with Crippen molar-refractivity contribution in [3.63, 3.8) is 0 Å². The van der Waals surface area contributed by atoms with Crippen molar-refractivity contribution in [2.75, 3.05) is 0 Å². The number of benzene rings is 2. The Morgan fingerprint density at radius 3 is 2.50 bits per heavy atom. The summed E-state index contributed by atoms with van der Waals surface area (Å²) in [6, 6.07) is 17.9. The number of aryl methyl sites for hydroxylation is 2. The lowest BCUT2D eigenvalue weighted by atomic mass is 10.0. The molecule has 0 saturated carbocycles. The molecule has 1 aromatic heterocycles. The van der Waals surface area contributed by atoms with E-state index in [0.717, 1.165) is 16.5 Å². The predicted octanol–water partition coefficient (Wildman–Crippen LogP) is 3.93. The SMILES string of the molecule is Cc1ccc(C(O)c2ccc3ccccc3n2)cc1C. The normalized spacial score (nSPS) is 12.6. The second-order valence-corrected chi connectivity index (χ2v) is 5.18. The van der Waals surface area contributed by atoms with Gasteiger partial charge in [-0.05, 0) is 42.7 Å². The van der Waals surface area contributed by atoms with E-state index in [9.17, 15) is 5.11 Å². The summed E-state index contributed by atoms with van der Waals surface area (Å²) in [5.41, 5.74) is 4.89. The molecular weight excluding hydrogens is 246 g/mol. The molecule has 20 heavy (non-hydrogen) atoms. The standard InChI is InChI=1S/C18H17NO/c1-12-7-8-15(11-13(12)2)18(20)17-10-9-14-5-3-4-6-16(14)19-17/h3-11,18,20H,1-2H3. The van der Waals surface area contributed by atoms with Crippen molar-refractivity contribution < 1.29 is 5.11 Å². The Morgan fingerprint density at radius 1 is 0.900 bits per heavy atom. The second-order valence-electron chi connectivity index (χ2n) is 5.18. The van der Waals surface area contributed by atoms with Crippen molar-refractivity contribution in [3.8, 4) is 0 Å². The molecule has 1 atom stereocenters. The van der Waals surface area contributed by atoms with E-state index in [1.165, 1.54) is 11.1 Å². The average molecular weight is 263 g/mol. The van der Waals surface area contributed by atoms with Crippen LogP contribution in [0.4, 0.5) is 0 Å². The third-order valence-electron chi connectivity index (χ3n) is 3.75. The van der Waals surface area contributed by atoms with Gasteiger partial charge in [0, 0.05) is 5.39 Å². The van der Waals surface area contributed by atoms with Crippen LogP contribution in [0.1, 0.15) is 28.5 Å². The lowest BCUT2D eigenvalue weighted by Gasteiger charge is -2.13. The molecule has 1 N–H and O–H groups in total. The lowest BCUT2D eigenvalue weighted by molar-refractivity contribution is 0.215. The van der Waals surface area contributed by atoms with Crippen LogP contribution in [0, 0.1) is 13.8 Å². The van der Waals surface area contributed by atoms with Crippen molar-refractivity contribution in [2.24, 2.45) is 0 Å². The molecule has 1 unspecified atom stereocenters. The third kappa shape index (κ3) is 2.30. The fourth-order valence-electron chi connectivity index (χ4n) is 2.34. The van der Waals surface area contributed by atoms with Crippen molar-refractivity contribution in [1.29, 1.82) is 0 Å². The molecule has 0 spiro atoms. The maximum atomic E-state index is 10.5. The van der Waals surface area contributed by atoms with Gasteiger partial charge in [0.05, 0.1) is 11.2 Å². The molecule has 2 nitrogen and oxygen atoms in total. The van der Waals surface area contributed by atoms with Gasteiger partial charge in [-0.15, -0.1) is 0 Å². The molecule has 100 valence electrons. The summed E-state index contributed by atoms with van der Waals surface area (Å²) in [5, 5.41) is 11.6. The van der Waals surface area contributed by atoms with Crippen LogP contribution in [0.3, 0.4) is 0 Å². The minimum absolute atomic E-state index is 0.682. The average Bonchev–Trinajstić information content (AvgIpc) is 2.49. The summed E-state index contributed by atoms with van der Waals surface area (Å²) >= 11 is 0. The van der Waals surface area contributed by atoms with Gasteiger partial charge in [-0.3, -0.25) is 0 Å². The van der Waals surface area contributed by atoms with Crippen LogP contribution in [0.25, 0.3) is 10.9 Å². The Labute approximate surface area is 118 Å². The smallest absolute Gasteiger partial charge is 0.121 e. The van der Waals surface area contributed by atoms with E-state index in [0.29, 0.717) is 5.69 Å². The molecule has 3 rings (SSSR count). The summed E-state index contributed by atoms with van der Waals surface area (Å²) in [5.74, 6) is 0. The molecule has 0 aliphatic rings. The number of pyridine rings is 1. The molecule has 2 aromatic carbocycles. The van der Waals surface area contributed by atoms with Crippen molar-refractivity contribution in [3.05, 3.63) is 77.0 Å². The zero-order chi connectivity index (χ0) is 14.1. The first kappa shape index (κ1) is 12.8. The first-order valence-corrected chi connectivity index (χ1v) is 6.76. The number of hydrogen-bond donors (Lipinski definition) is 1. The molecule has 0 radical (unpaired) electrons.